The molecule has 0 unspecified atom stereocenters. The maximum absolute atomic E-state index is 10.8. The average Bonchev–Trinajstić information content (AvgIpc) is 2.87. The van der Waals surface area contributed by atoms with Crippen molar-refractivity contribution in [2.45, 2.75) is 49.0 Å². The fraction of sp³-hybridized carbons (Fsp3) is 0.478. The summed E-state index contributed by atoms with van der Waals surface area (Å²) in [5, 5.41) is 82.2. The van der Waals surface area contributed by atoms with Crippen LogP contribution in [0.15, 0.2) is 36.4 Å². The van der Waals surface area contributed by atoms with Crippen LogP contribution < -0.4 is 14.2 Å². The van der Waals surface area contributed by atoms with Crippen molar-refractivity contribution in [1.29, 1.82) is 0 Å². The Hall–Kier alpha value is -2.68. The Labute approximate surface area is 200 Å². The number of aromatic hydroxyl groups is 1. The summed E-state index contributed by atoms with van der Waals surface area (Å²) in [5.74, 6) is -1.30. The van der Waals surface area contributed by atoms with Gasteiger partial charge < -0.3 is 59.8 Å². The van der Waals surface area contributed by atoms with Crippen molar-refractivity contribution >= 4 is 0 Å². The monoisotopic (exact) mass is 498 g/mol. The lowest BCUT2D eigenvalue weighted by molar-refractivity contribution is -0.277. The molecule has 194 valence electrons. The Morgan fingerprint density at radius 2 is 1.51 bits per heavy atom. The van der Waals surface area contributed by atoms with Gasteiger partial charge in [0.15, 0.2) is 11.5 Å². The highest BCUT2D eigenvalue weighted by Crippen LogP contribution is 2.49. The second-order valence-corrected chi connectivity index (χ2v) is 7.98. The molecule has 1 heterocycles. The van der Waals surface area contributed by atoms with Gasteiger partial charge in [-0.3, -0.25) is 0 Å². The van der Waals surface area contributed by atoms with Crippen LogP contribution in [0.5, 0.6) is 23.0 Å². The molecule has 0 bridgehead atoms. The van der Waals surface area contributed by atoms with E-state index in [2.05, 4.69) is 0 Å². The quantitative estimate of drug-likeness (QED) is 0.204. The molecule has 0 aliphatic carbocycles. The summed E-state index contributed by atoms with van der Waals surface area (Å²) in [7, 11) is 2.42. The van der Waals surface area contributed by atoms with Crippen LogP contribution in [0.25, 0.3) is 0 Å². The zero-order valence-corrected chi connectivity index (χ0v) is 19.0. The van der Waals surface area contributed by atoms with Crippen molar-refractivity contribution in [1.82, 2.24) is 0 Å². The molecular formula is C23H30O12. The summed E-state index contributed by atoms with van der Waals surface area (Å²) >= 11 is 0. The molecule has 8 N–H and O–H groups in total. The molecule has 35 heavy (non-hydrogen) atoms. The van der Waals surface area contributed by atoms with Crippen LogP contribution in [-0.4, -0.2) is 98.5 Å². The van der Waals surface area contributed by atoms with Gasteiger partial charge in [0.1, 0.15) is 48.5 Å². The van der Waals surface area contributed by atoms with E-state index in [9.17, 15) is 40.9 Å². The van der Waals surface area contributed by atoms with E-state index in [1.165, 1.54) is 14.2 Å². The topological polar surface area (TPSA) is 199 Å². The van der Waals surface area contributed by atoms with Gasteiger partial charge in [0.05, 0.1) is 26.4 Å². The number of rotatable bonds is 9. The lowest BCUT2D eigenvalue weighted by Gasteiger charge is -2.39. The third-order valence-electron chi connectivity index (χ3n) is 5.80. The second-order valence-electron chi connectivity index (χ2n) is 7.98. The molecule has 1 saturated heterocycles. The van der Waals surface area contributed by atoms with Gasteiger partial charge in [-0.1, -0.05) is 30.3 Å². The van der Waals surface area contributed by atoms with Gasteiger partial charge in [-0.25, -0.2) is 0 Å². The first-order valence-electron chi connectivity index (χ1n) is 10.7. The molecule has 8 atom stereocenters. The predicted octanol–water partition coefficient (Wildman–Crippen LogP) is -1.28. The normalized spacial score (nSPS) is 27.1. The van der Waals surface area contributed by atoms with Gasteiger partial charge >= 0.3 is 0 Å². The Kier molecular flexibility index (Phi) is 8.74. The Bertz CT molecular complexity index is 969. The molecule has 1 aliphatic heterocycles. The molecule has 2 aromatic rings. The first-order valence-corrected chi connectivity index (χ1v) is 10.7. The van der Waals surface area contributed by atoms with Crippen LogP contribution in [0.4, 0.5) is 0 Å². The Balaban J connectivity index is 1.95. The first kappa shape index (κ1) is 26.9. The number of aliphatic hydroxyl groups excluding tert-OH is 7. The van der Waals surface area contributed by atoms with E-state index in [1.807, 2.05) is 0 Å². The molecule has 1 aliphatic rings. The molecule has 2 aromatic carbocycles. The minimum atomic E-state index is -1.84. The highest BCUT2D eigenvalue weighted by atomic mass is 16.7. The van der Waals surface area contributed by atoms with E-state index in [4.69, 9.17) is 18.9 Å². The highest BCUT2D eigenvalue weighted by molar-refractivity contribution is 5.62. The van der Waals surface area contributed by atoms with Crippen molar-refractivity contribution in [3.05, 3.63) is 47.5 Å². The largest absolute Gasteiger partial charge is 0.507 e. The second kappa shape index (κ2) is 11.4. The van der Waals surface area contributed by atoms with Crippen molar-refractivity contribution in [3.63, 3.8) is 0 Å². The van der Waals surface area contributed by atoms with Gasteiger partial charge in [0.25, 0.3) is 0 Å². The lowest BCUT2D eigenvalue weighted by atomic mass is 9.94. The van der Waals surface area contributed by atoms with Gasteiger partial charge in [0, 0.05) is 6.07 Å². The maximum Gasteiger partial charge on any atom is 0.229 e. The molecule has 0 amide bonds. The zero-order valence-electron chi connectivity index (χ0n) is 19.0. The van der Waals surface area contributed by atoms with E-state index in [-0.39, 0.29) is 22.8 Å². The van der Waals surface area contributed by atoms with Crippen molar-refractivity contribution in [2.24, 2.45) is 0 Å². The number of hydrogen-bond acceptors (Lipinski definition) is 12. The molecule has 0 radical (unpaired) electrons. The highest BCUT2D eigenvalue weighted by Gasteiger charge is 2.45. The predicted molar refractivity (Wildman–Crippen MR) is 118 cm³/mol. The number of aliphatic hydroxyl groups is 7. The van der Waals surface area contributed by atoms with E-state index in [0.717, 1.165) is 6.07 Å². The van der Waals surface area contributed by atoms with Gasteiger partial charge in [-0.2, -0.15) is 0 Å². The molecule has 0 spiro atoms. The van der Waals surface area contributed by atoms with Crippen molar-refractivity contribution in [3.8, 4) is 23.0 Å². The number of hydrogen-bond donors (Lipinski definition) is 8. The standard InChI is InChI=1S/C23H30O12/c1-32-21-12(34-23-20(31)19(30)16(27)13(9-24)35-23)8-11(25)14(22(21)33-2)17(28)18(29)15(26)10-6-4-3-5-7-10/h3-8,13,15-20,23-31H,9H2,1-2H3/t13-,15-,16-,17-,18-,19+,20-,23-/m0/s1. The molecule has 0 aromatic heterocycles. The molecule has 3 rings (SSSR count). The SMILES string of the molecule is COc1c(O[C@H]2O[C@@H](CO)[C@H](O)[C@@H](O)[C@@H]2O)cc(O)c([C@H](O)[C@@H](O)[C@@H](O)c2ccccc2)c1OC. The van der Waals surface area contributed by atoms with E-state index < -0.39 is 61.4 Å². The van der Waals surface area contributed by atoms with Crippen LogP contribution in [0, 0.1) is 0 Å². The molecule has 0 saturated carbocycles. The van der Waals surface area contributed by atoms with Gasteiger partial charge in [0.2, 0.25) is 12.0 Å². The first-order chi connectivity index (χ1) is 16.7. The average molecular weight is 498 g/mol. The van der Waals surface area contributed by atoms with Crippen LogP contribution in [0.1, 0.15) is 23.3 Å². The Morgan fingerprint density at radius 1 is 0.886 bits per heavy atom. The maximum atomic E-state index is 10.8. The van der Waals surface area contributed by atoms with Crippen LogP contribution in [0.3, 0.4) is 0 Å². The molecule has 1 fully saturated rings. The van der Waals surface area contributed by atoms with Gasteiger partial charge in [-0.15, -0.1) is 0 Å². The molecule has 12 heteroatoms. The van der Waals surface area contributed by atoms with E-state index in [0.29, 0.717) is 5.56 Å². The fourth-order valence-corrected chi connectivity index (χ4v) is 3.87. The number of benzene rings is 2. The summed E-state index contributed by atoms with van der Waals surface area (Å²) in [6, 6.07) is 9.09. The summed E-state index contributed by atoms with van der Waals surface area (Å²) in [6.45, 7) is -0.677. The zero-order chi connectivity index (χ0) is 25.9. The fourth-order valence-electron chi connectivity index (χ4n) is 3.87. The van der Waals surface area contributed by atoms with Crippen LogP contribution in [0.2, 0.25) is 0 Å². The summed E-state index contributed by atoms with van der Waals surface area (Å²) < 4.78 is 21.5. The number of ether oxygens (including phenoxy) is 4. The van der Waals surface area contributed by atoms with Crippen molar-refractivity contribution in [2.75, 3.05) is 20.8 Å². The molecular weight excluding hydrogens is 468 g/mol. The van der Waals surface area contributed by atoms with Crippen molar-refractivity contribution < 1.29 is 59.8 Å². The van der Waals surface area contributed by atoms with E-state index >= 15 is 0 Å². The van der Waals surface area contributed by atoms with Crippen LogP contribution in [-0.2, 0) is 4.74 Å². The number of phenolic OH excluding ortho intramolecular Hbond substituents is 1. The number of phenols is 1. The smallest absolute Gasteiger partial charge is 0.229 e. The van der Waals surface area contributed by atoms with Gasteiger partial charge in [-0.05, 0) is 5.56 Å². The van der Waals surface area contributed by atoms with Crippen LogP contribution >= 0.6 is 0 Å². The summed E-state index contributed by atoms with van der Waals surface area (Å²) in [5.41, 5.74) is 0.0139. The summed E-state index contributed by atoms with van der Waals surface area (Å²) in [4.78, 5) is 0. The summed E-state index contributed by atoms with van der Waals surface area (Å²) in [6.07, 6.45) is -13.0. The van der Waals surface area contributed by atoms with E-state index in [1.54, 1.807) is 30.3 Å². The minimum absolute atomic E-state index is 0.183. The minimum Gasteiger partial charge on any atom is -0.507 e. The number of methoxy groups -OCH3 is 2. The third-order valence-corrected chi connectivity index (χ3v) is 5.80. The molecule has 12 nitrogen and oxygen atoms in total. The third kappa shape index (κ3) is 5.29. The lowest BCUT2D eigenvalue weighted by Crippen LogP contribution is -2.60. The Morgan fingerprint density at radius 3 is 2.09 bits per heavy atom.